The molecule has 2 rings (SSSR count). The molecule has 0 radical (unpaired) electrons. The van der Waals surface area contributed by atoms with E-state index in [1.807, 2.05) is 57.2 Å². The molecule has 1 atom stereocenters. The Morgan fingerprint density at radius 2 is 2.00 bits per heavy atom. The van der Waals surface area contributed by atoms with E-state index >= 15 is 0 Å². The number of rotatable bonds is 7. The monoisotopic (exact) mass is 427 g/mol. The van der Waals surface area contributed by atoms with E-state index in [4.69, 9.17) is 4.74 Å². The number of hydrogen-bond donors (Lipinski definition) is 2. The molecule has 0 fully saturated rings. The zero-order valence-corrected chi connectivity index (χ0v) is 17.1. The average Bonchev–Trinajstić information content (AvgIpc) is 2.65. The highest BCUT2D eigenvalue weighted by Gasteiger charge is 2.13. The van der Waals surface area contributed by atoms with E-state index in [0.29, 0.717) is 12.3 Å². The van der Waals surface area contributed by atoms with Crippen molar-refractivity contribution in [1.29, 1.82) is 5.26 Å². The smallest absolute Gasteiger partial charge is 0.267 e. The number of amides is 1. The minimum absolute atomic E-state index is 0.00428. The van der Waals surface area contributed by atoms with Gasteiger partial charge in [0.05, 0.1) is 12.6 Å². The summed E-state index contributed by atoms with van der Waals surface area (Å²) in [5.74, 6) is 0.322. The number of anilines is 1. The van der Waals surface area contributed by atoms with E-state index < -0.39 is 5.91 Å². The maximum absolute atomic E-state index is 12.3. The van der Waals surface area contributed by atoms with Crippen LogP contribution in [-0.4, -0.2) is 12.5 Å². The molecule has 0 heterocycles. The second-order valence-corrected chi connectivity index (χ2v) is 6.91. The van der Waals surface area contributed by atoms with Gasteiger partial charge in [-0.05, 0) is 51.1 Å². The van der Waals surface area contributed by atoms with Crippen molar-refractivity contribution < 1.29 is 9.53 Å². The van der Waals surface area contributed by atoms with Crippen molar-refractivity contribution in [2.75, 3.05) is 11.9 Å². The molecule has 0 aliphatic carbocycles. The fourth-order valence-electron chi connectivity index (χ4n) is 2.47. The molecule has 0 bridgehead atoms. The molecular weight excluding hydrogens is 406 g/mol. The van der Waals surface area contributed by atoms with Crippen LogP contribution in [-0.2, 0) is 4.79 Å². The van der Waals surface area contributed by atoms with Gasteiger partial charge in [0.1, 0.15) is 17.4 Å². The molecule has 0 saturated carbocycles. The number of carbonyl (C=O) groups excluding carboxylic acids is 1. The normalized spacial score (nSPS) is 12.0. The molecule has 5 nitrogen and oxygen atoms in total. The molecule has 0 saturated heterocycles. The van der Waals surface area contributed by atoms with Gasteiger partial charge in [-0.2, -0.15) is 5.26 Å². The quantitative estimate of drug-likeness (QED) is 0.488. The molecule has 27 heavy (non-hydrogen) atoms. The Morgan fingerprint density at radius 1 is 1.30 bits per heavy atom. The largest absolute Gasteiger partial charge is 0.494 e. The van der Waals surface area contributed by atoms with Crippen LogP contribution in [0.15, 0.2) is 58.7 Å². The number of aryl methyl sites for hydroxylation is 1. The van der Waals surface area contributed by atoms with Crippen LogP contribution >= 0.6 is 15.9 Å². The minimum Gasteiger partial charge on any atom is -0.494 e. The molecule has 2 N–H and O–H groups in total. The van der Waals surface area contributed by atoms with Gasteiger partial charge in [-0.1, -0.05) is 33.6 Å². The van der Waals surface area contributed by atoms with Crippen molar-refractivity contribution in [2.24, 2.45) is 0 Å². The summed E-state index contributed by atoms with van der Waals surface area (Å²) < 4.78 is 6.59. The van der Waals surface area contributed by atoms with Crippen molar-refractivity contribution in [3.63, 3.8) is 0 Å². The van der Waals surface area contributed by atoms with Crippen LogP contribution in [0.2, 0.25) is 0 Å². The molecule has 1 amide bonds. The molecule has 0 spiro atoms. The first kappa shape index (κ1) is 20.5. The number of nitrogens with zero attached hydrogens (tertiary/aromatic N) is 1. The number of hydrogen-bond acceptors (Lipinski definition) is 4. The van der Waals surface area contributed by atoms with Gasteiger partial charge in [0, 0.05) is 21.9 Å². The molecule has 140 valence electrons. The maximum Gasteiger partial charge on any atom is 0.267 e. The third-order valence-electron chi connectivity index (χ3n) is 3.88. The Balaban J connectivity index is 2.12. The second kappa shape index (κ2) is 9.79. The first-order valence-corrected chi connectivity index (χ1v) is 9.40. The lowest BCUT2D eigenvalue weighted by molar-refractivity contribution is -0.112. The fraction of sp³-hybridized carbons (Fsp3) is 0.238. The molecule has 6 heteroatoms. The first-order chi connectivity index (χ1) is 12.9. The van der Waals surface area contributed by atoms with Crippen LogP contribution in [0.1, 0.15) is 31.0 Å². The summed E-state index contributed by atoms with van der Waals surface area (Å²) in [6.07, 6.45) is 1.44. The molecular formula is C21H22BrN3O2. The summed E-state index contributed by atoms with van der Waals surface area (Å²) in [6.45, 7) is 6.46. The Labute approximate surface area is 168 Å². The first-order valence-electron chi connectivity index (χ1n) is 8.61. The molecule has 0 aliphatic heterocycles. The van der Waals surface area contributed by atoms with Crippen LogP contribution in [0.5, 0.6) is 5.75 Å². The van der Waals surface area contributed by atoms with Crippen molar-refractivity contribution in [1.82, 2.24) is 5.32 Å². The van der Waals surface area contributed by atoms with Crippen molar-refractivity contribution >= 4 is 27.5 Å². The van der Waals surface area contributed by atoms with Crippen LogP contribution in [0.3, 0.4) is 0 Å². The van der Waals surface area contributed by atoms with Crippen LogP contribution in [0.4, 0.5) is 5.69 Å². The maximum atomic E-state index is 12.3. The summed E-state index contributed by atoms with van der Waals surface area (Å²) >= 11 is 3.34. The highest BCUT2D eigenvalue weighted by molar-refractivity contribution is 9.10. The standard InChI is InChI=1S/C21H22BrN3O2/c1-4-27-20-10-5-14(2)11-19(20)15(3)24-13-16(12-23)21(26)25-18-8-6-17(22)7-9-18/h5-11,13,15,24H,4H2,1-3H3,(H,25,26)/b16-13-. The van der Waals surface area contributed by atoms with Gasteiger partial charge in [0.25, 0.3) is 5.91 Å². The lowest BCUT2D eigenvalue weighted by atomic mass is 10.0. The topological polar surface area (TPSA) is 74.1 Å². The van der Waals surface area contributed by atoms with E-state index in [0.717, 1.165) is 21.3 Å². The Hall–Kier alpha value is -2.78. The molecule has 0 aromatic heterocycles. The van der Waals surface area contributed by atoms with Gasteiger partial charge in [-0.3, -0.25) is 4.79 Å². The van der Waals surface area contributed by atoms with Gasteiger partial charge in [0.2, 0.25) is 0 Å². The third-order valence-corrected chi connectivity index (χ3v) is 4.41. The van der Waals surface area contributed by atoms with Crippen molar-refractivity contribution in [2.45, 2.75) is 26.8 Å². The van der Waals surface area contributed by atoms with E-state index in [1.54, 1.807) is 12.1 Å². The lowest BCUT2D eigenvalue weighted by Crippen LogP contribution is -2.19. The number of nitriles is 1. The number of carbonyl (C=O) groups is 1. The van der Waals surface area contributed by atoms with Gasteiger partial charge < -0.3 is 15.4 Å². The predicted octanol–water partition coefficient (Wildman–Crippen LogP) is 4.85. The molecule has 1 unspecified atom stereocenters. The number of halogens is 1. The van der Waals surface area contributed by atoms with Crippen LogP contribution in [0.25, 0.3) is 0 Å². The van der Waals surface area contributed by atoms with Crippen molar-refractivity contribution in [3.8, 4) is 11.8 Å². The zero-order valence-electron chi connectivity index (χ0n) is 15.5. The van der Waals surface area contributed by atoms with E-state index in [-0.39, 0.29) is 11.6 Å². The number of ether oxygens (including phenoxy) is 1. The minimum atomic E-state index is -0.464. The summed E-state index contributed by atoms with van der Waals surface area (Å²) in [6, 6.07) is 14.9. The average molecular weight is 428 g/mol. The highest BCUT2D eigenvalue weighted by Crippen LogP contribution is 2.26. The Kier molecular flexibility index (Phi) is 7.44. The summed E-state index contributed by atoms with van der Waals surface area (Å²) in [4.78, 5) is 12.3. The van der Waals surface area contributed by atoms with Gasteiger partial charge >= 0.3 is 0 Å². The zero-order chi connectivity index (χ0) is 19.8. The summed E-state index contributed by atoms with van der Waals surface area (Å²) in [5.41, 5.74) is 2.70. The van der Waals surface area contributed by atoms with E-state index in [1.165, 1.54) is 6.20 Å². The van der Waals surface area contributed by atoms with E-state index in [9.17, 15) is 10.1 Å². The highest BCUT2D eigenvalue weighted by atomic mass is 79.9. The number of benzene rings is 2. The lowest BCUT2D eigenvalue weighted by Gasteiger charge is -2.18. The van der Waals surface area contributed by atoms with Gasteiger partial charge in [-0.15, -0.1) is 0 Å². The molecule has 0 aliphatic rings. The van der Waals surface area contributed by atoms with Gasteiger partial charge in [-0.25, -0.2) is 0 Å². The molecule has 2 aromatic carbocycles. The second-order valence-electron chi connectivity index (χ2n) is 5.99. The summed E-state index contributed by atoms with van der Waals surface area (Å²) in [7, 11) is 0. The predicted molar refractivity (Wildman–Crippen MR) is 110 cm³/mol. The Bertz CT molecular complexity index is 870. The Morgan fingerprint density at radius 3 is 2.63 bits per heavy atom. The third kappa shape index (κ3) is 5.87. The van der Waals surface area contributed by atoms with Gasteiger partial charge in [0.15, 0.2) is 0 Å². The van der Waals surface area contributed by atoms with Crippen LogP contribution < -0.4 is 15.4 Å². The summed E-state index contributed by atoms with van der Waals surface area (Å²) in [5, 5.41) is 15.2. The number of nitrogens with one attached hydrogen (secondary N) is 2. The van der Waals surface area contributed by atoms with Crippen molar-refractivity contribution in [3.05, 3.63) is 69.8 Å². The van der Waals surface area contributed by atoms with Crippen LogP contribution in [0, 0.1) is 18.3 Å². The molecule has 2 aromatic rings. The SMILES string of the molecule is CCOc1ccc(C)cc1C(C)N/C=C(/C#N)C(=O)Nc1ccc(Br)cc1. The van der Waals surface area contributed by atoms with E-state index in [2.05, 4.69) is 26.6 Å². The fourth-order valence-corrected chi connectivity index (χ4v) is 2.74.